The van der Waals surface area contributed by atoms with Gasteiger partial charge in [0.25, 0.3) is 0 Å². The zero-order valence-electron chi connectivity index (χ0n) is 10.0. The van der Waals surface area contributed by atoms with Gasteiger partial charge in [-0.2, -0.15) is 0 Å². The van der Waals surface area contributed by atoms with Crippen molar-refractivity contribution in [2.45, 2.75) is 26.3 Å². The zero-order chi connectivity index (χ0) is 12.0. The third kappa shape index (κ3) is 4.64. The first-order chi connectivity index (χ1) is 7.63. The first-order valence-electron chi connectivity index (χ1n) is 5.81. The Labute approximate surface area is 107 Å². The highest BCUT2D eigenvalue weighted by Gasteiger charge is 2.09. The van der Waals surface area contributed by atoms with E-state index in [-0.39, 0.29) is 0 Å². The van der Waals surface area contributed by atoms with E-state index in [0.29, 0.717) is 18.5 Å². The zero-order valence-corrected chi connectivity index (χ0v) is 11.6. The number of hydrogen-bond donors (Lipinski definition) is 2. The molecule has 0 spiro atoms. The lowest BCUT2D eigenvalue weighted by atomic mass is 10.0. The van der Waals surface area contributed by atoms with Gasteiger partial charge in [-0.3, -0.25) is 0 Å². The molecule has 0 aliphatic rings. The molecule has 0 aromatic heterocycles. The van der Waals surface area contributed by atoms with Gasteiger partial charge in [0.05, 0.1) is 0 Å². The van der Waals surface area contributed by atoms with E-state index in [1.165, 1.54) is 5.56 Å². The number of nitrogens with one attached hydrogen (secondary N) is 1. The molecule has 2 nitrogen and oxygen atoms in total. The maximum absolute atomic E-state index is 5.71. The van der Waals surface area contributed by atoms with Crippen LogP contribution in [0.1, 0.15) is 19.4 Å². The molecule has 1 unspecified atom stereocenters. The van der Waals surface area contributed by atoms with Gasteiger partial charge < -0.3 is 11.1 Å². The van der Waals surface area contributed by atoms with Crippen LogP contribution < -0.4 is 11.1 Å². The number of nitrogens with two attached hydrogens (primary N) is 1. The fourth-order valence-electron chi connectivity index (χ4n) is 1.69. The summed E-state index contributed by atoms with van der Waals surface area (Å²) in [4.78, 5) is 0. The van der Waals surface area contributed by atoms with E-state index in [9.17, 15) is 0 Å². The van der Waals surface area contributed by atoms with E-state index in [1.807, 2.05) is 6.07 Å². The fraction of sp³-hybridized carbons (Fsp3) is 0.538. The molecule has 0 saturated heterocycles. The maximum Gasteiger partial charge on any atom is 0.0213 e. The molecule has 0 heterocycles. The van der Waals surface area contributed by atoms with Gasteiger partial charge in [0.1, 0.15) is 0 Å². The monoisotopic (exact) mass is 284 g/mol. The maximum atomic E-state index is 5.71. The average molecular weight is 285 g/mol. The van der Waals surface area contributed by atoms with E-state index in [2.05, 4.69) is 53.3 Å². The quantitative estimate of drug-likeness (QED) is 0.843. The lowest BCUT2D eigenvalue weighted by Crippen LogP contribution is -2.41. The van der Waals surface area contributed by atoms with Gasteiger partial charge in [-0.1, -0.05) is 41.9 Å². The third-order valence-electron chi connectivity index (χ3n) is 2.77. The van der Waals surface area contributed by atoms with Crippen molar-refractivity contribution in [2.75, 3.05) is 13.1 Å². The van der Waals surface area contributed by atoms with E-state index >= 15 is 0 Å². The number of rotatable bonds is 6. The van der Waals surface area contributed by atoms with Gasteiger partial charge in [0.2, 0.25) is 0 Å². The van der Waals surface area contributed by atoms with E-state index in [1.54, 1.807) is 0 Å². The van der Waals surface area contributed by atoms with Crippen molar-refractivity contribution in [3.63, 3.8) is 0 Å². The molecule has 0 radical (unpaired) electrons. The van der Waals surface area contributed by atoms with Crippen LogP contribution in [-0.4, -0.2) is 19.1 Å². The summed E-state index contributed by atoms with van der Waals surface area (Å²) in [6.45, 7) is 6.08. The Hall–Kier alpha value is -0.380. The Kier molecular flexibility index (Phi) is 6.03. The first-order valence-corrected chi connectivity index (χ1v) is 6.60. The van der Waals surface area contributed by atoms with Crippen LogP contribution in [0.5, 0.6) is 0 Å². The number of benzene rings is 1. The summed E-state index contributed by atoms with van der Waals surface area (Å²) < 4.78 is 1.14. The molecule has 0 amide bonds. The molecular formula is C13H21BrN2. The Balaban J connectivity index is 2.35. The first kappa shape index (κ1) is 13.7. The predicted molar refractivity (Wildman–Crippen MR) is 73.5 cm³/mol. The Morgan fingerprint density at radius 1 is 1.38 bits per heavy atom. The predicted octanol–water partition coefficient (Wildman–Crippen LogP) is 2.56. The van der Waals surface area contributed by atoms with Gasteiger partial charge >= 0.3 is 0 Å². The summed E-state index contributed by atoms with van der Waals surface area (Å²) in [6, 6.07) is 8.86. The minimum atomic E-state index is 0.423. The van der Waals surface area contributed by atoms with Crippen molar-refractivity contribution in [1.29, 1.82) is 0 Å². The number of hydrogen-bond acceptors (Lipinski definition) is 2. The molecule has 1 aromatic carbocycles. The second kappa shape index (κ2) is 7.05. The second-order valence-electron chi connectivity index (χ2n) is 4.42. The molecule has 0 aliphatic heterocycles. The lowest BCUT2D eigenvalue weighted by Gasteiger charge is -2.20. The van der Waals surface area contributed by atoms with Crippen molar-refractivity contribution in [2.24, 2.45) is 11.7 Å². The van der Waals surface area contributed by atoms with E-state index in [4.69, 9.17) is 5.73 Å². The van der Waals surface area contributed by atoms with Crippen LogP contribution in [0, 0.1) is 5.92 Å². The van der Waals surface area contributed by atoms with Gasteiger partial charge in [-0.25, -0.2) is 0 Å². The molecule has 1 atom stereocenters. The molecule has 3 heteroatoms. The summed E-state index contributed by atoms with van der Waals surface area (Å²) in [5.74, 6) is 0.590. The molecule has 3 N–H and O–H groups in total. The number of halogens is 1. The minimum Gasteiger partial charge on any atom is -0.329 e. The molecule has 1 rings (SSSR count). The normalized spacial score (nSPS) is 13.1. The highest BCUT2D eigenvalue weighted by Crippen LogP contribution is 2.11. The van der Waals surface area contributed by atoms with Crippen LogP contribution in [0.15, 0.2) is 28.7 Å². The van der Waals surface area contributed by atoms with Crippen LogP contribution in [0.4, 0.5) is 0 Å². The second-order valence-corrected chi connectivity index (χ2v) is 5.34. The van der Waals surface area contributed by atoms with Gasteiger partial charge in [-0.05, 0) is 36.6 Å². The smallest absolute Gasteiger partial charge is 0.0213 e. The topological polar surface area (TPSA) is 38.0 Å². The van der Waals surface area contributed by atoms with Gasteiger partial charge in [0.15, 0.2) is 0 Å². The highest BCUT2D eigenvalue weighted by molar-refractivity contribution is 9.10. The summed E-state index contributed by atoms with van der Waals surface area (Å²) in [7, 11) is 0. The summed E-state index contributed by atoms with van der Waals surface area (Å²) in [5.41, 5.74) is 7.06. The van der Waals surface area contributed by atoms with Crippen molar-refractivity contribution in [1.82, 2.24) is 5.32 Å². The Bertz CT molecular complexity index is 313. The molecule has 0 saturated carbocycles. The molecule has 16 heavy (non-hydrogen) atoms. The third-order valence-corrected chi connectivity index (χ3v) is 3.26. The largest absolute Gasteiger partial charge is 0.329 e. The van der Waals surface area contributed by atoms with Crippen molar-refractivity contribution in [3.8, 4) is 0 Å². The highest BCUT2D eigenvalue weighted by atomic mass is 79.9. The Morgan fingerprint density at radius 3 is 2.69 bits per heavy atom. The van der Waals surface area contributed by atoms with Crippen LogP contribution in [0.3, 0.4) is 0 Å². The molecule has 0 bridgehead atoms. The average Bonchev–Trinajstić information content (AvgIpc) is 2.24. The van der Waals surface area contributed by atoms with Crippen molar-refractivity contribution < 1.29 is 0 Å². The SMILES string of the molecule is CC(C)C(CN)NCCc1cccc(Br)c1. The van der Waals surface area contributed by atoms with Crippen molar-refractivity contribution >= 4 is 15.9 Å². The summed E-state index contributed by atoms with van der Waals surface area (Å²) in [5, 5.41) is 3.50. The van der Waals surface area contributed by atoms with Gasteiger partial charge in [-0.15, -0.1) is 0 Å². The molecule has 0 aliphatic carbocycles. The van der Waals surface area contributed by atoms with Gasteiger partial charge in [0, 0.05) is 17.1 Å². The van der Waals surface area contributed by atoms with E-state index in [0.717, 1.165) is 17.4 Å². The molecule has 90 valence electrons. The van der Waals surface area contributed by atoms with E-state index < -0.39 is 0 Å². The van der Waals surface area contributed by atoms with Crippen LogP contribution in [0.25, 0.3) is 0 Å². The van der Waals surface area contributed by atoms with Crippen LogP contribution >= 0.6 is 15.9 Å². The summed E-state index contributed by atoms with van der Waals surface area (Å²) >= 11 is 3.48. The molecule has 0 fully saturated rings. The van der Waals surface area contributed by atoms with Crippen molar-refractivity contribution in [3.05, 3.63) is 34.3 Å². The molecule has 1 aromatic rings. The Morgan fingerprint density at radius 2 is 2.12 bits per heavy atom. The van der Waals surface area contributed by atoms with Crippen LogP contribution in [-0.2, 0) is 6.42 Å². The van der Waals surface area contributed by atoms with Crippen LogP contribution in [0.2, 0.25) is 0 Å². The standard InChI is InChI=1S/C13H21BrN2/c1-10(2)13(9-15)16-7-6-11-4-3-5-12(14)8-11/h3-5,8,10,13,16H,6-7,9,15H2,1-2H3. The lowest BCUT2D eigenvalue weighted by molar-refractivity contribution is 0.409. The fourth-order valence-corrected chi connectivity index (χ4v) is 2.13. The minimum absolute atomic E-state index is 0.423. The molecular weight excluding hydrogens is 264 g/mol. The summed E-state index contributed by atoms with van der Waals surface area (Å²) in [6.07, 6.45) is 1.04.